The van der Waals surface area contributed by atoms with E-state index in [1.54, 1.807) is 16.0 Å². The summed E-state index contributed by atoms with van der Waals surface area (Å²) in [6.45, 7) is 9.92. The number of piperazine rings is 1. The second-order valence-corrected chi connectivity index (χ2v) is 16.2. The van der Waals surface area contributed by atoms with Gasteiger partial charge in [-0.05, 0) is 57.9 Å². The van der Waals surface area contributed by atoms with E-state index in [1.165, 1.54) is 29.9 Å². The zero-order chi connectivity index (χ0) is 35.0. The molecular weight excluding hydrogens is 620 g/mol. The van der Waals surface area contributed by atoms with Crippen LogP contribution in [-0.2, 0) is 16.1 Å². The Morgan fingerprint density at radius 2 is 1.57 bits per heavy atom. The molecule has 0 bridgehead atoms. The average Bonchev–Trinajstić information content (AvgIpc) is 3.54. The number of benzene rings is 1. The number of aromatic nitrogens is 1. The summed E-state index contributed by atoms with van der Waals surface area (Å²) in [5, 5.41) is 12.5. The van der Waals surface area contributed by atoms with Crippen molar-refractivity contribution in [1.82, 2.24) is 19.3 Å². The third-order valence-corrected chi connectivity index (χ3v) is 11.6. The molecule has 2 atom stereocenters. The van der Waals surface area contributed by atoms with E-state index in [0.717, 1.165) is 37.7 Å². The molecule has 10 nitrogen and oxygen atoms in total. The number of hydrogen-bond donors (Lipinski definition) is 1. The Morgan fingerprint density at radius 1 is 0.918 bits per heavy atom. The van der Waals surface area contributed by atoms with Crippen LogP contribution in [0.2, 0.25) is 0 Å². The molecule has 3 amide bonds. The molecule has 3 heterocycles. The van der Waals surface area contributed by atoms with E-state index in [9.17, 15) is 24.3 Å². The zero-order valence-corrected chi connectivity index (χ0v) is 29.8. The highest BCUT2D eigenvalue weighted by atomic mass is 16.6. The van der Waals surface area contributed by atoms with Crippen LogP contribution in [0.15, 0.2) is 47.4 Å². The molecule has 266 valence electrons. The molecule has 49 heavy (non-hydrogen) atoms. The number of carbonyl (C=O) groups is 3. The van der Waals surface area contributed by atoms with E-state index in [2.05, 4.69) is 0 Å². The highest BCUT2D eigenvalue weighted by Crippen LogP contribution is 2.52. The number of piperidine rings is 1. The van der Waals surface area contributed by atoms with Crippen LogP contribution in [0.1, 0.15) is 95.8 Å². The lowest BCUT2D eigenvalue weighted by Crippen LogP contribution is -2.62. The predicted octanol–water partition coefficient (Wildman–Crippen LogP) is 5.56. The number of aliphatic hydroxyl groups is 1. The number of ether oxygens (including phenoxy) is 1. The van der Waals surface area contributed by atoms with Gasteiger partial charge in [-0.2, -0.15) is 0 Å². The molecule has 2 aliphatic heterocycles. The number of pyridine rings is 1. The SMILES string of the molecule is CC(CC1CCC1)C(=O)N1CC[C@@](O)(Cn2cc(C(=O)N3CCN(C(=O)OC(C)(C)C)CC3)c(-c3ccccc3)cc2=O)C2(CCCC2)C1. The van der Waals surface area contributed by atoms with E-state index in [1.807, 2.05) is 62.9 Å². The van der Waals surface area contributed by atoms with Crippen LogP contribution < -0.4 is 5.56 Å². The number of nitrogens with zero attached hydrogens (tertiary/aromatic N) is 4. The van der Waals surface area contributed by atoms with E-state index in [-0.39, 0.29) is 29.8 Å². The van der Waals surface area contributed by atoms with Crippen molar-refractivity contribution in [1.29, 1.82) is 0 Å². The third-order valence-electron chi connectivity index (χ3n) is 11.6. The maximum absolute atomic E-state index is 14.2. The third kappa shape index (κ3) is 7.44. The summed E-state index contributed by atoms with van der Waals surface area (Å²) in [6.07, 6.45) is 9.79. The van der Waals surface area contributed by atoms with Crippen LogP contribution in [0, 0.1) is 17.3 Å². The Morgan fingerprint density at radius 3 is 2.18 bits per heavy atom. The zero-order valence-electron chi connectivity index (χ0n) is 29.8. The normalized spacial score (nSPS) is 23.3. The fourth-order valence-corrected chi connectivity index (χ4v) is 8.52. The summed E-state index contributed by atoms with van der Waals surface area (Å²) in [6, 6.07) is 10.9. The summed E-state index contributed by atoms with van der Waals surface area (Å²) in [4.78, 5) is 59.7. The minimum absolute atomic E-state index is 0.0253. The first kappa shape index (κ1) is 35.2. The van der Waals surface area contributed by atoms with Crippen LogP contribution in [0.25, 0.3) is 11.1 Å². The highest BCUT2D eigenvalue weighted by molar-refractivity contribution is 6.00. The second kappa shape index (κ2) is 13.9. The number of carbonyl (C=O) groups excluding carboxylic acids is 3. The van der Waals surface area contributed by atoms with Gasteiger partial charge >= 0.3 is 6.09 Å². The molecule has 4 fully saturated rings. The van der Waals surface area contributed by atoms with Crippen molar-refractivity contribution < 1.29 is 24.2 Å². The summed E-state index contributed by atoms with van der Waals surface area (Å²) >= 11 is 0. The summed E-state index contributed by atoms with van der Waals surface area (Å²) in [5.74, 6) is 0.587. The van der Waals surface area contributed by atoms with E-state index >= 15 is 0 Å². The van der Waals surface area contributed by atoms with Crippen molar-refractivity contribution in [3.05, 3.63) is 58.5 Å². The maximum atomic E-state index is 14.2. The predicted molar refractivity (Wildman–Crippen MR) is 188 cm³/mol. The van der Waals surface area contributed by atoms with Crippen molar-refractivity contribution in [2.24, 2.45) is 17.3 Å². The number of amides is 3. The first-order chi connectivity index (χ1) is 23.3. The Labute approximate surface area is 290 Å². The van der Waals surface area contributed by atoms with Crippen LogP contribution in [0.4, 0.5) is 4.79 Å². The first-order valence-corrected chi connectivity index (χ1v) is 18.4. The molecule has 1 aromatic carbocycles. The molecule has 1 aromatic heterocycles. The standard InChI is InChI=1S/C39H54N4O6/c1-28(23-29-11-10-12-29)34(45)42-18-17-39(48,38(26-42)15-8-9-16-38)27-43-25-32(31(24-33(43)44)30-13-6-5-7-14-30)35(46)40-19-21-41(22-20-40)36(47)49-37(2,3)4/h5-7,13-14,24-25,28-29,48H,8-12,15-23,26-27H2,1-4H3/t28?,39-/m1/s1. The van der Waals surface area contributed by atoms with Crippen molar-refractivity contribution in [2.75, 3.05) is 39.3 Å². The first-order valence-electron chi connectivity index (χ1n) is 18.4. The van der Waals surface area contributed by atoms with Gasteiger partial charge in [0.1, 0.15) is 5.60 Å². The lowest BCUT2D eigenvalue weighted by Gasteiger charge is -2.53. The molecule has 1 unspecified atom stereocenters. The quantitative estimate of drug-likeness (QED) is 0.412. The van der Waals surface area contributed by atoms with Crippen LogP contribution >= 0.6 is 0 Å². The average molecular weight is 675 g/mol. The van der Waals surface area contributed by atoms with Gasteiger partial charge in [0.25, 0.3) is 11.5 Å². The minimum atomic E-state index is -1.20. The lowest BCUT2D eigenvalue weighted by atomic mass is 9.65. The molecular formula is C39H54N4O6. The highest BCUT2D eigenvalue weighted by Gasteiger charge is 2.56. The Balaban J connectivity index is 1.25. The summed E-state index contributed by atoms with van der Waals surface area (Å²) in [5.41, 5.74) is -0.895. The van der Waals surface area contributed by atoms with Gasteiger partial charge in [0, 0.05) is 68.4 Å². The largest absolute Gasteiger partial charge is 0.444 e. The Bertz CT molecular complexity index is 1580. The number of hydrogen-bond acceptors (Lipinski definition) is 6. The topological polar surface area (TPSA) is 112 Å². The van der Waals surface area contributed by atoms with Crippen molar-refractivity contribution >= 4 is 17.9 Å². The van der Waals surface area contributed by atoms with Crippen molar-refractivity contribution in [3.8, 4) is 11.1 Å². The minimum Gasteiger partial charge on any atom is -0.444 e. The maximum Gasteiger partial charge on any atom is 0.410 e. The van der Waals surface area contributed by atoms with E-state index in [0.29, 0.717) is 62.7 Å². The van der Waals surface area contributed by atoms with Gasteiger partial charge in [0.2, 0.25) is 5.91 Å². The van der Waals surface area contributed by atoms with Crippen LogP contribution in [-0.4, -0.2) is 92.8 Å². The molecule has 4 aliphatic rings. The van der Waals surface area contributed by atoms with Gasteiger partial charge < -0.3 is 29.1 Å². The van der Waals surface area contributed by atoms with Gasteiger partial charge in [0.15, 0.2) is 0 Å². The molecule has 1 spiro atoms. The van der Waals surface area contributed by atoms with Gasteiger partial charge in [-0.1, -0.05) is 69.4 Å². The molecule has 2 saturated heterocycles. The van der Waals surface area contributed by atoms with Gasteiger partial charge in [-0.25, -0.2) is 4.79 Å². The molecule has 6 rings (SSSR count). The number of likely N-dealkylation sites (tertiary alicyclic amines) is 1. The molecule has 10 heteroatoms. The monoisotopic (exact) mass is 674 g/mol. The van der Waals surface area contributed by atoms with Gasteiger partial charge in [0.05, 0.1) is 17.7 Å². The molecule has 0 radical (unpaired) electrons. The summed E-state index contributed by atoms with van der Waals surface area (Å²) < 4.78 is 7.06. The summed E-state index contributed by atoms with van der Waals surface area (Å²) in [7, 11) is 0. The van der Waals surface area contributed by atoms with E-state index < -0.39 is 22.7 Å². The molecule has 2 aliphatic carbocycles. The fraction of sp³-hybridized carbons (Fsp3) is 0.641. The van der Waals surface area contributed by atoms with Crippen molar-refractivity contribution in [3.63, 3.8) is 0 Å². The molecule has 2 saturated carbocycles. The van der Waals surface area contributed by atoms with Gasteiger partial charge in [-0.3, -0.25) is 14.4 Å². The van der Waals surface area contributed by atoms with Crippen molar-refractivity contribution in [2.45, 2.75) is 103 Å². The lowest BCUT2D eigenvalue weighted by molar-refractivity contribution is -0.163. The molecule has 2 aromatic rings. The van der Waals surface area contributed by atoms with Crippen LogP contribution in [0.3, 0.4) is 0 Å². The Kier molecular flexibility index (Phi) is 10.00. The van der Waals surface area contributed by atoms with E-state index in [4.69, 9.17) is 4.74 Å². The Hall–Kier alpha value is -3.66. The number of rotatable bonds is 7. The fourth-order valence-electron chi connectivity index (χ4n) is 8.52. The van der Waals surface area contributed by atoms with Crippen LogP contribution in [0.5, 0.6) is 0 Å². The molecule has 1 N–H and O–H groups in total. The van der Waals surface area contributed by atoms with Gasteiger partial charge in [-0.15, -0.1) is 0 Å². The smallest absolute Gasteiger partial charge is 0.410 e. The second-order valence-electron chi connectivity index (χ2n) is 16.2.